The number of para-hydroxylation sites is 1. The average Bonchev–Trinajstić information content (AvgIpc) is 3.21. The molecule has 8 nitrogen and oxygen atoms in total. The van der Waals surface area contributed by atoms with Gasteiger partial charge in [-0.25, -0.2) is 4.98 Å². The van der Waals surface area contributed by atoms with Crippen LogP contribution in [0.4, 0.5) is 0 Å². The van der Waals surface area contributed by atoms with Crippen molar-refractivity contribution >= 4 is 22.7 Å². The van der Waals surface area contributed by atoms with Crippen molar-refractivity contribution in [2.45, 2.75) is 45.7 Å². The summed E-state index contributed by atoms with van der Waals surface area (Å²) in [5.41, 5.74) is 1.28. The average molecular weight is 477 g/mol. The number of aromatic amines is 1. The van der Waals surface area contributed by atoms with Crippen molar-refractivity contribution in [2.24, 2.45) is 5.92 Å². The Balaban J connectivity index is 1.63. The predicted molar refractivity (Wildman–Crippen MR) is 134 cm³/mol. The molecule has 0 spiro atoms. The number of carbonyl (C=O) groups is 2. The highest BCUT2D eigenvalue weighted by Gasteiger charge is 2.45. The lowest BCUT2D eigenvalue weighted by molar-refractivity contribution is -0.137. The van der Waals surface area contributed by atoms with Gasteiger partial charge in [-0.15, -0.1) is 0 Å². The number of amides is 2. The van der Waals surface area contributed by atoms with Crippen LogP contribution in [0.3, 0.4) is 0 Å². The summed E-state index contributed by atoms with van der Waals surface area (Å²) in [7, 11) is 1.61. The summed E-state index contributed by atoms with van der Waals surface area (Å²) < 4.78 is 5.29. The van der Waals surface area contributed by atoms with Gasteiger partial charge in [0.15, 0.2) is 0 Å². The summed E-state index contributed by atoms with van der Waals surface area (Å²) in [5, 5.41) is 0.512. The van der Waals surface area contributed by atoms with Gasteiger partial charge in [0.1, 0.15) is 11.6 Å². The lowest BCUT2D eigenvalue weighted by Crippen LogP contribution is -2.39. The molecular formula is C27H32N4O4. The van der Waals surface area contributed by atoms with E-state index in [4.69, 9.17) is 4.74 Å². The molecule has 2 aromatic carbocycles. The number of fused-ring (bicyclic) bond motifs is 1. The van der Waals surface area contributed by atoms with Gasteiger partial charge in [0.25, 0.3) is 5.56 Å². The van der Waals surface area contributed by atoms with Crippen LogP contribution in [0.2, 0.25) is 0 Å². The van der Waals surface area contributed by atoms with Crippen molar-refractivity contribution in [2.75, 3.05) is 20.2 Å². The molecule has 0 radical (unpaired) electrons. The highest BCUT2D eigenvalue weighted by Crippen LogP contribution is 2.40. The monoisotopic (exact) mass is 476 g/mol. The van der Waals surface area contributed by atoms with Gasteiger partial charge in [-0.2, -0.15) is 0 Å². The Morgan fingerprint density at radius 2 is 1.89 bits per heavy atom. The molecule has 184 valence electrons. The molecule has 1 aliphatic rings. The fourth-order valence-corrected chi connectivity index (χ4v) is 4.79. The minimum atomic E-state index is -0.514. The molecule has 1 N–H and O–H groups in total. The molecule has 2 unspecified atom stereocenters. The summed E-state index contributed by atoms with van der Waals surface area (Å²) in [6.07, 6.45) is 2.00. The molecule has 2 atom stereocenters. The number of hydrogen-bond donors (Lipinski definition) is 1. The number of nitrogens with one attached hydrogen (secondary N) is 1. The van der Waals surface area contributed by atoms with Gasteiger partial charge < -0.3 is 19.5 Å². The van der Waals surface area contributed by atoms with E-state index in [-0.39, 0.29) is 36.4 Å². The first-order valence-corrected chi connectivity index (χ1v) is 12.2. The number of unbranched alkanes of at least 4 members (excludes halogenated alkanes) is 1. The molecule has 1 aliphatic heterocycles. The molecule has 3 aromatic rings. The minimum absolute atomic E-state index is 0.00842. The smallest absolute Gasteiger partial charge is 0.258 e. The lowest BCUT2D eigenvalue weighted by Gasteiger charge is -2.31. The van der Waals surface area contributed by atoms with Gasteiger partial charge in [-0.05, 0) is 43.2 Å². The SMILES string of the molecule is CCCCN1C(=O)CC(C(=O)N(CC)Cc2nc3ccccc3c(=O)[nH]2)C1c1ccc(OC)cc1. The Kier molecular flexibility index (Phi) is 7.48. The Morgan fingerprint density at radius 1 is 1.14 bits per heavy atom. The number of rotatable bonds is 9. The maximum Gasteiger partial charge on any atom is 0.258 e. The Labute approximate surface area is 204 Å². The summed E-state index contributed by atoms with van der Waals surface area (Å²) in [4.78, 5) is 50.2. The number of benzene rings is 2. The van der Waals surface area contributed by atoms with Gasteiger partial charge in [0.05, 0.1) is 36.5 Å². The van der Waals surface area contributed by atoms with E-state index < -0.39 is 5.92 Å². The van der Waals surface area contributed by atoms with Crippen LogP contribution in [0, 0.1) is 5.92 Å². The number of ether oxygens (including phenoxy) is 1. The van der Waals surface area contributed by atoms with Gasteiger partial charge in [-0.3, -0.25) is 14.4 Å². The van der Waals surface area contributed by atoms with Gasteiger partial charge in [0, 0.05) is 19.5 Å². The third kappa shape index (κ3) is 5.06. The molecule has 1 saturated heterocycles. The van der Waals surface area contributed by atoms with Crippen molar-refractivity contribution in [1.82, 2.24) is 19.8 Å². The minimum Gasteiger partial charge on any atom is -0.497 e. The zero-order valence-electron chi connectivity index (χ0n) is 20.5. The van der Waals surface area contributed by atoms with Crippen LogP contribution in [0.5, 0.6) is 5.75 Å². The molecular weight excluding hydrogens is 444 g/mol. The van der Waals surface area contributed by atoms with E-state index in [1.54, 1.807) is 30.2 Å². The van der Waals surface area contributed by atoms with Crippen LogP contribution >= 0.6 is 0 Å². The topological polar surface area (TPSA) is 95.6 Å². The highest BCUT2D eigenvalue weighted by atomic mass is 16.5. The number of carbonyl (C=O) groups excluding carboxylic acids is 2. The van der Waals surface area contributed by atoms with Crippen molar-refractivity contribution < 1.29 is 14.3 Å². The summed E-state index contributed by atoms with van der Waals surface area (Å²) in [6.45, 7) is 5.20. The number of H-pyrrole nitrogens is 1. The van der Waals surface area contributed by atoms with Crippen LogP contribution < -0.4 is 10.3 Å². The summed E-state index contributed by atoms with van der Waals surface area (Å²) in [5.74, 6) is 0.516. The van der Waals surface area contributed by atoms with Crippen molar-refractivity contribution in [1.29, 1.82) is 0 Å². The van der Waals surface area contributed by atoms with Crippen molar-refractivity contribution in [3.63, 3.8) is 0 Å². The van der Waals surface area contributed by atoms with Crippen molar-refractivity contribution in [3.8, 4) is 5.75 Å². The van der Waals surface area contributed by atoms with E-state index in [0.717, 1.165) is 24.2 Å². The van der Waals surface area contributed by atoms with Gasteiger partial charge in [0.2, 0.25) is 11.8 Å². The van der Waals surface area contributed by atoms with E-state index in [9.17, 15) is 14.4 Å². The van der Waals surface area contributed by atoms with Gasteiger partial charge >= 0.3 is 0 Å². The zero-order chi connectivity index (χ0) is 24.9. The van der Waals surface area contributed by atoms with Crippen LogP contribution in [0.15, 0.2) is 53.3 Å². The molecule has 1 aromatic heterocycles. The normalized spacial score (nSPS) is 17.7. The molecule has 35 heavy (non-hydrogen) atoms. The molecule has 0 aliphatic carbocycles. The van der Waals surface area contributed by atoms with Crippen LogP contribution in [-0.4, -0.2) is 51.8 Å². The Hall–Kier alpha value is -3.68. The standard InChI is InChI=1S/C27H32N4O4/c1-4-6-15-31-24(32)16-21(25(31)18-11-13-19(35-3)14-12-18)27(34)30(5-2)17-23-28-22-10-8-7-9-20(22)26(33)29-23/h7-14,21,25H,4-6,15-17H2,1-3H3,(H,28,29,33). The molecule has 2 amide bonds. The lowest BCUT2D eigenvalue weighted by atomic mass is 9.92. The molecule has 1 fully saturated rings. The number of hydrogen-bond acceptors (Lipinski definition) is 5. The van der Waals surface area contributed by atoms with E-state index >= 15 is 0 Å². The van der Waals surface area contributed by atoms with Crippen LogP contribution in [-0.2, 0) is 16.1 Å². The number of nitrogens with zero attached hydrogens (tertiary/aromatic N) is 3. The number of methoxy groups -OCH3 is 1. The molecule has 0 saturated carbocycles. The number of likely N-dealkylation sites (tertiary alicyclic amines) is 1. The predicted octanol–water partition coefficient (Wildman–Crippen LogP) is 3.67. The van der Waals surface area contributed by atoms with E-state index in [1.165, 1.54) is 0 Å². The summed E-state index contributed by atoms with van der Waals surface area (Å²) in [6, 6.07) is 14.4. The first-order chi connectivity index (χ1) is 17.0. The maximum absolute atomic E-state index is 13.8. The van der Waals surface area contributed by atoms with E-state index in [2.05, 4.69) is 16.9 Å². The van der Waals surface area contributed by atoms with Crippen molar-refractivity contribution in [3.05, 3.63) is 70.3 Å². The molecule has 4 rings (SSSR count). The maximum atomic E-state index is 13.8. The fraction of sp³-hybridized carbons (Fsp3) is 0.407. The number of aromatic nitrogens is 2. The van der Waals surface area contributed by atoms with Crippen LogP contribution in [0.1, 0.15) is 50.5 Å². The van der Waals surface area contributed by atoms with E-state index in [0.29, 0.717) is 29.8 Å². The molecule has 2 heterocycles. The van der Waals surface area contributed by atoms with Crippen LogP contribution in [0.25, 0.3) is 10.9 Å². The third-order valence-corrected chi connectivity index (χ3v) is 6.65. The van der Waals surface area contributed by atoms with Gasteiger partial charge in [-0.1, -0.05) is 37.6 Å². The zero-order valence-corrected chi connectivity index (χ0v) is 20.5. The second kappa shape index (κ2) is 10.7. The molecule has 0 bridgehead atoms. The first-order valence-electron chi connectivity index (χ1n) is 12.2. The Morgan fingerprint density at radius 3 is 2.57 bits per heavy atom. The first kappa shape index (κ1) is 24.4. The van der Waals surface area contributed by atoms with E-state index in [1.807, 2.05) is 42.2 Å². The quantitative estimate of drug-likeness (QED) is 0.508. The fourth-order valence-electron chi connectivity index (χ4n) is 4.79. The highest BCUT2D eigenvalue weighted by molar-refractivity contribution is 5.90. The third-order valence-electron chi connectivity index (χ3n) is 6.65. The Bertz CT molecular complexity index is 1250. The second-order valence-corrected chi connectivity index (χ2v) is 8.85. The second-order valence-electron chi connectivity index (χ2n) is 8.85. The summed E-state index contributed by atoms with van der Waals surface area (Å²) >= 11 is 0. The largest absolute Gasteiger partial charge is 0.497 e. The molecule has 8 heteroatoms.